The third kappa shape index (κ3) is 4.46. The summed E-state index contributed by atoms with van der Waals surface area (Å²) < 4.78 is 0. The molecule has 3 aromatic carbocycles. The van der Waals surface area contributed by atoms with E-state index in [0.717, 1.165) is 5.69 Å². The molecule has 126 valence electrons. The van der Waals surface area contributed by atoms with E-state index in [-0.39, 0.29) is 6.04 Å². The summed E-state index contributed by atoms with van der Waals surface area (Å²) >= 11 is 5.45. The minimum absolute atomic E-state index is 0.133. The predicted octanol–water partition coefficient (Wildman–Crippen LogP) is 5.71. The molecule has 3 rings (SSSR count). The molecule has 25 heavy (non-hydrogen) atoms. The van der Waals surface area contributed by atoms with Crippen molar-refractivity contribution in [3.8, 4) is 11.1 Å². The van der Waals surface area contributed by atoms with Gasteiger partial charge in [-0.25, -0.2) is 0 Å². The van der Waals surface area contributed by atoms with Gasteiger partial charge in [0, 0.05) is 5.69 Å². The van der Waals surface area contributed by atoms with Crippen molar-refractivity contribution in [2.75, 3.05) is 5.32 Å². The lowest BCUT2D eigenvalue weighted by Gasteiger charge is -2.18. The van der Waals surface area contributed by atoms with Crippen LogP contribution in [-0.2, 0) is 0 Å². The second kappa shape index (κ2) is 7.95. The molecule has 3 aromatic rings. The summed E-state index contributed by atoms with van der Waals surface area (Å²) in [7, 11) is 0. The highest BCUT2D eigenvalue weighted by Gasteiger charge is 2.08. The van der Waals surface area contributed by atoms with Crippen LogP contribution in [0.25, 0.3) is 11.1 Å². The first-order chi connectivity index (χ1) is 12.1. The molecule has 0 aromatic heterocycles. The fourth-order valence-corrected chi connectivity index (χ4v) is 3.03. The molecular formula is C22H22N2S. The Labute approximate surface area is 154 Å². The maximum absolute atomic E-state index is 5.45. The van der Waals surface area contributed by atoms with Gasteiger partial charge in [0.15, 0.2) is 5.11 Å². The highest BCUT2D eigenvalue weighted by Crippen LogP contribution is 2.22. The summed E-state index contributed by atoms with van der Waals surface area (Å²) in [6.45, 7) is 4.18. The van der Waals surface area contributed by atoms with Crippen molar-refractivity contribution in [3.05, 3.63) is 90.0 Å². The van der Waals surface area contributed by atoms with Crippen LogP contribution < -0.4 is 10.6 Å². The third-order valence-corrected chi connectivity index (χ3v) is 4.48. The number of aryl methyl sites for hydroxylation is 1. The lowest BCUT2D eigenvalue weighted by Crippen LogP contribution is -2.31. The Hall–Kier alpha value is -2.65. The van der Waals surface area contributed by atoms with Gasteiger partial charge in [0.1, 0.15) is 0 Å². The van der Waals surface area contributed by atoms with Gasteiger partial charge < -0.3 is 10.6 Å². The monoisotopic (exact) mass is 346 g/mol. The average Bonchev–Trinajstić information content (AvgIpc) is 2.64. The standard InChI is InChI=1S/C22H22N2S/c1-16-8-6-7-11-21(16)24-22(25)23-17(2)18-12-14-20(15-13-18)19-9-4-3-5-10-19/h3-15,17H,1-2H3,(H2,23,24,25)/t17-/m0/s1. The molecule has 1 atom stereocenters. The van der Waals surface area contributed by atoms with E-state index in [1.54, 1.807) is 0 Å². The van der Waals surface area contributed by atoms with E-state index < -0.39 is 0 Å². The summed E-state index contributed by atoms with van der Waals surface area (Å²) in [6, 6.07) is 27.3. The highest BCUT2D eigenvalue weighted by molar-refractivity contribution is 7.80. The number of hydrogen-bond acceptors (Lipinski definition) is 1. The molecule has 0 aliphatic rings. The zero-order chi connectivity index (χ0) is 17.6. The van der Waals surface area contributed by atoms with Crippen LogP contribution in [0.3, 0.4) is 0 Å². The topological polar surface area (TPSA) is 24.1 Å². The highest BCUT2D eigenvalue weighted by atomic mass is 32.1. The van der Waals surface area contributed by atoms with Crippen molar-refractivity contribution in [3.63, 3.8) is 0 Å². The number of anilines is 1. The molecule has 0 saturated heterocycles. The molecule has 0 bridgehead atoms. The van der Waals surface area contributed by atoms with Gasteiger partial charge in [0.25, 0.3) is 0 Å². The largest absolute Gasteiger partial charge is 0.356 e. The van der Waals surface area contributed by atoms with E-state index in [9.17, 15) is 0 Å². The van der Waals surface area contributed by atoms with Gasteiger partial charge >= 0.3 is 0 Å². The zero-order valence-corrected chi connectivity index (χ0v) is 15.3. The van der Waals surface area contributed by atoms with Crippen LogP contribution in [-0.4, -0.2) is 5.11 Å². The van der Waals surface area contributed by atoms with E-state index in [4.69, 9.17) is 12.2 Å². The van der Waals surface area contributed by atoms with Crippen LogP contribution in [0.2, 0.25) is 0 Å². The van der Waals surface area contributed by atoms with Gasteiger partial charge in [0.05, 0.1) is 6.04 Å². The first kappa shape index (κ1) is 17.2. The SMILES string of the molecule is Cc1ccccc1NC(=S)N[C@@H](C)c1ccc(-c2ccccc2)cc1. The third-order valence-electron chi connectivity index (χ3n) is 4.26. The smallest absolute Gasteiger partial charge is 0.171 e. The Morgan fingerprint density at radius 2 is 1.40 bits per heavy atom. The van der Waals surface area contributed by atoms with Crippen molar-refractivity contribution in [1.29, 1.82) is 0 Å². The molecule has 0 aliphatic heterocycles. The summed E-state index contributed by atoms with van der Waals surface area (Å²) in [5.41, 5.74) is 5.86. The van der Waals surface area contributed by atoms with Gasteiger partial charge in [-0.1, -0.05) is 72.8 Å². The average molecular weight is 346 g/mol. The molecule has 0 amide bonds. The fraction of sp³-hybridized carbons (Fsp3) is 0.136. The van der Waals surface area contributed by atoms with Crippen molar-refractivity contribution in [1.82, 2.24) is 5.32 Å². The second-order valence-corrected chi connectivity index (χ2v) is 6.53. The molecule has 0 saturated carbocycles. The maximum atomic E-state index is 5.45. The van der Waals surface area contributed by atoms with E-state index in [2.05, 4.69) is 79.1 Å². The Bertz CT molecular complexity index is 841. The fourth-order valence-electron chi connectivity index (χ4n) is 2.75. The molecule has 0 unspecified atom stereocenters. The molecule has 3 heteroatoms. The molecule has 0 aliphatic carbocycles. The number of hydrogen-bond donors (Lipinski definition) is 2. The lowest BCUT2D eigenvalue weighted by molar-refractivity contribution is 0.723. The Kier molecular flexibility index (Phi) is 5.46. The first-order valence-corrected chi connectivity index (χ1v) is 8.83. The molecule has 0 spiro atoms. The lowest BCUT2D eigenvalue weighted by atomic mass is 10.0. The van der Waals surface area contributed by atoms with E-state index in [1.165, 1.54) is 22.3 Å². The van der Waals surface area contributed by atoms with Crippen molar-refractivity contribution in [2.24, 2.45) is 0 Å². The second-order valence-electron chi connectivity index (χ2n) is 6.12. The number of thiocarbonyl (C=S) groups is 1. The Morgan fingerprint density at radius 1 is 0.800 bits per heavy atom. The summed E-state index contributed by atoms with van der Waals surface area (Å²) in [5, 5.41) is 7.25. The Morgan fingerprint density at radius 3 is 2.08 bits per heavy atom. The first-order valence-electron chi connectivity index (χ1n) is 8.42. The minimum atomic E-state index is 0.133. The molecule has 2 N–H and O–H groups in total. The van der Waals surface area contributed by atoms with Crippen LogP contribution in [0.5, 0.6) is 0 Å². The predicted molar refractivity (Wildman–Crippen MR) is 111 cm³/mol. The quantitative estimate of drug-likeness (QED) is 0.592. The Balaban J connectivity index is 1.64. The van der Waals surface area contributed by atoms with Crippen molar-refractivity contribution >= 4 is 23.0 Å². The van der Waals surface area contributed by atoms with Crippen LogP contribution in [0.15, 0.2) is 78.9 Å². The van der Waals surface area contributed by atoms with Crippen LogP contribution >= 0.6 is 12.2 Å². The normalized spacial score (nSPS) is 11.6. The van der Waals surface area contributed by atoms with Crippen molar-refractivity contribution in [2.45, 2.75) is 19.9 Å². The maximum Gasteiger partial charge on any atom is 0.171 e. The number of para-hydroxylation sites is 1. The minimum Gasteiger partial charge on any atom is -0.356 e. The molecule has 0 radical (unpaired) electrons. The van der Waals surface area contributed by atoms with E-state index in [1.807, 2.05) is 24.3 Å². The van der Waals surface area contributed by atoms with E-state index in [0.29, 0.717) is 5.11 Å². The van der Waals surface area contributed by atoms with Crippen LogP contribution in [0, 0.1) is 6.92 Å². The number of rotatable bonds is 4. The molecular weight excluding hydrogens is 324 g/mol. The zero-order valence-electron chi connectivity index (χ0n) is 14.5. The summed E-state index contributed by atoms with van der Waals surface area (Å²) in [4.78, 5) is 0. The molecule has 0 heterocycles. The molecule has 2 nitrogen and oxygen atoms in total. The van der Waals surface area contributed by atoms with Gasteiger partial charge in [-0.2, -0.15) is 0 Å². The summed E-state index contributed by atoms with van der Waals surface area (Å²) in [6.07, 6.45) is 0. The molecule has 0 fully saturated rings. The summed E-state index contributed by atoms with van der Waals surface area (Å²) in [5.74, 6) is 0. The van der Waals surface area contributed by atoms with E-state index >= 15 is 0 Å². The van der Waals surface area contributed by atoms with Gasteiger partial charge in [0.2, 0.25) is 0 Å². The van der Waals surface area contributed by atoms with Crippen LogP contribution in [0.4, 0.5) is 5.69 Å². The van der Waals surface area contributed by atoms with Gasteiger partial charge in [-0.05, 0) is 54.4 Å². The number of benzene rings is 3. The number of nitrogens with one attached hydrogen (secondary N) is 2. The van der Waals surface area contributed by atoms with Crippen molar-refractivity contribution < 1.29 is 0 Å². The van der Waals surface area contributed by atoms with Gasteiger partial charge in [-0.3, -0.25) is 0 Å². The van der Waals surface area contributed by atoms with Gasteiger partial charge in [-0.15, -0.1) is 0 Å². The van der Waals surface area contributed by atoms with Crippen LogP contribution in [0.1, 0.15) is 24.1 Å².